The zero-order chi connectivity index (χ0) is 17.6. The summed E-state index contributed by atoms with van der Waals surface area (Å²) in [5, 5.41) is 23.5. The molecule has 0 bridgehead atoms. The van der Waals surface area contributed by atoms with E-state index in [-0.39, 0.29) is 11.7 Å². The summed E-state index contributed by atoms with van der Waals surface area (Å²) in [5.41, 5.74) is 0. The van der Waals surface area contributed by atoms with Gasteiger partial charge in [-0.1, -0.05) is 43.0 Å². The van der Waals surface area contributed by atoms with Crippen LogP contribution in [-0.4, -0.2) is 36.6 Å². The van der Waals surface area contributed by atoms with Gasteiger partial charge in [-0.25, -0.2) is 0 Å². The van der Waals surface area contributed by atoms with E-state index in [1.807, 2.05) is 24.4 Å². The van der Waals surface area contributed by atoms with Crippen LogP contribution in [0.3, 0.4) is 0 Å². The van der Waals surface area contributed by atoms with E-state index in [2.05, 4.69) is 37.2 Å². The van der Waals surface area contributed by atoms with Crippen molar-refractivity contribution in [3.8, 4) is 10.7 Å². The van der Waals surface area contributed by atoms with Crippen molar-refractivity contribution < 1.29 is 4.79 Å². The molecule has 3 heterocycles. The Labute approximate surface area is 157 Å². The number of aryl methyl sites for hydroxylation is 1. The fourth-order valence-electron chi connectivity index (χ4n) is 2.14. The maximum Gasteiger partial charge on any atom is 0.236 e. The molecule has 1 N–H and O–H groups in total. The Hall–Kier alpha value is -1.78. The number of nitrogens with one attached hydrogen (secondary N) is 1. The molecular weight excluding hydrogens is 376 g/mol. The molecule has 0 atom stereocenters. The first kappa shape index (κ1) is 18.0. The lowest BCUT2D eigenvalue weighted by molar-refractivity contribution is -0.113. The Morgan fingerprint density at radius 2 is 2.16 bits per heavy atom. The molecule has 3 aromatic rings. The molecule has 10 heteroatoms. The highest BCUT2D eigenvalue weighted by Crippen LogP contribution is 2.27. The number of anilines is 1. The topological polar surface area (TPSA) is 85.6 Å². The zero-order valence-corrected chi connectivity index (χ0v) is 16.4. The Kier molecular flexibility index (Phi) is 6.16. The third-order valence-corrected chi connectivity index (χ3v) is 6.07. The van der Waals surface area contributed by atoms with Crippen LogP contribution in [0, 0.1) is 0 Å². The normalized spacial score (nSPS) is 11.0. The minimum absolute atomic E-state index is 0.118. The fourth-order valence-corrected chi connectivity index (χ4v) is 4.32. The lowest BCUT2D eigenvalue weighted by atomic mass is 10.4. The molecule has 0 aliphatic heterocycles. The number of rotatable bonds is 8. The van der Waals surface area contributed by atoms with Crippen LogP contribution in [0.5, 0.6) is 0 Å². The van der Waals surface area contributed by atoms with E-state index in [4.69, 9.17) is 0 Å². The van der Waals surface area contributed by atoms with E-state index >= 15 is 0 Å². The number of nitrogens with zero attached hydrogens (tertiary/aromatic N) is 5. The molecule has 0 saturated carbocycles. The van der Waals surface area contributed by atoms with E-state index in [0.29, 0.717) is 5.13 Å². The van der Waals surface area contributed by atoms with Gasteiger partial charge in [-0.15, -0.1) is 31.7 Å². The highest BCUT2D eigenvalue weighted by atomic mass is 32.2. The quantitative estimate of drug-likeness (QED) is 0.588. The van der Waals surface area contributed by atoms with Crippen molar-refractivity contribution in [3.05, 3.63) is 22.5 Å². The second-order valence-electron chi connectivity index (χ2n) is 5.13. The molecular formula is C15H18N6OS3. The van der Waals surface area contributed by atoms with Crippen LogP contribution in [0.4, 0.5) is 5.13 Å². The first-order valence-electron chi connectivity index (χ1n) is 7.93. The van der Waals surface area contributed by atoms with Crippen LogP contribution in [0.2, 0.25) is 0 Å². The monoisotopic (exact) mass is 394 g/mol. The van der Waals surface area contributed by atoms with E-state index in [9.17, 15) is 4.79 Å². The smallest absolute Gasteiger partial charge is 0.236 e. The van der Waals surface area contributed by atoms with Gasteiger partial charge in [0.2, 0.25) is 11.0 Å². The number of aromatic nitrogens is 5. The van der Waals surface area contributed by atoms with Crippen LogP contribution in [0.1, 0.15) is 25.3 Å². The second kappa shape index (κ2) is 8.54. The molecule has 3 rings (SSSR count). The van der Waals surface area contributed by atoms with Gasteiger partial charge in [0, 0.05) is 6.54 Å². The van der Waals surface area contributed by atoms with Crippen LogP contribution >= 0.6 is 34.4 Å². The summed E-state index contributed by atoms with van der Waals surface area (Å²) in [6.45, 7) is 4.94. The molecule has 0 aromatic carbocycles. The molecule has 0 aliphatic rings. The van der Waals surface area contributed by atoms with Gasteiger partial charge in [0.05, 0.1) is 10.6 Å². The number of carbonyl (C=O) groups excluding carboxylic acids is 1. The van der Waals surface area contributed by atoms with Gasteiger partial charge in [-0.2, -0.15) is 0 Å². The molecule has 7 nitrogen and oxygen atoms in total. The zero-order valence-electron chi connectivity index (χ0n) is 13.9. The van der Waals surface area contributed by atoms with Gasteiger partial charge >= 0.3 is 0 Å². The van der Waals surface area contributed by atoms with Crippen molar-refractivity contribution in [2.24, 2.45) is 0 Å². The average Bonchev–Trinajstić information content (AvgIpc) is 3.34. The molecule has 0 aliphatic carbocycles. The number of thiophene rings is 1. The van der Waals surface area contributed by atoms with Crippen LogP contribution in [-0.2, 0) is 17.8 Å². The Morgan fingerprint density at radius 1 is 1.28 bits per heavy atom. The van der Waals surface area contributed by atoms with Gasteiger partial charge in [0.1, 0.15) is 5.01 Å². The summed E-state index contributed by atoms with van der Waals surface area (Å²) in [6, 6.07) is 4.03. The molecule has 0 spiro atoms. The molecule has 0 saturated heterocycles. The Morgan fingerprint density at radius 3 is 2.84 bits per heavy atom. The van der Waals surface area contributed by atoms with E-state index in [1.54, 1.807) is 11.3 Å². The molecule has 0 unspecified atom stereocenters. The third kappa shape index (κ3) is 4.44. The maximum absolute atomic E-state index is 12.1. The van der Waals surface area contributed by atoms with Gasteiger partial charge in [-0.05, 0) is 24.3 Å². The largest absolute Gasteiger partial charge is 0.301 e. The highest BCUT2D eigenvalue weighted by molar-refractivity contribution is 7.99. The lowest BCUT2D eigenvalue weighted by Crippen LogP contribution is -2.14. The summed E-state index contributed by atoms with van der Waals surface area (Å²) in [4.78, 5) is 13.2. The molecule has 0 fully saturated rings. The molecule has 3 aromatic heterocycles. The van der Waals surface area contributed by atoms with E-state index < -0.39 is 0 Å². The minimum Gasteiger partial charge on any atom is -0.301 e. The molecule has 1 amide bonds. The predicted molar refractivity (Wildman–Crippen MR) is 102 cm³/mol. The summed E-state index contributed by atoms with van der Waals surface area (Å²) < 4.78 is 2.07. The standard InChI is InChI=1S/C15H18N6OS3/c1-3-7-21-13(10-6-5-8-23-10)18-20-15(21)24-9-11(22)16-14-19-17-12(4-2)25-14/h5-6,8H,3-4,7,9H2,1-2H3,(H,16,19,22). The van der Waals surface area contributed by atoms with E-state index in [1.165, 1.54) is 23.1 Å². The van der Waals surface area contributed by atoms with Crippen LogP contribution in [0.25, 0.3) is 10.7 Å². The highest BCUT2D eigenvalue weighted by Gasteiger charge is 2.16. The Balaban J connectivity index is 1.65. The summed E-state index contributed by atoms with van der Waals surface area (Å²) in [7, 11) is 0. The number of thioether (sulfide) groups is 1. The summed E-state index contributed by atoms with van der Waals surface area (Å²) in [6.07, 6.45) is 1.79. The second-order valence-corrected chi connectivity index (χ2v) is 8.08. The van der Waals surface area contributed by atoms with E-state index in [0.717, 1.165) is 40.3 Å². The molecule has 0 radical (unpaired) electrons. The minimum atomic E-state index is -0.118. The van der Waals surface area contributed by atoms with Crippen molar-refractivity contribution in [1.82, 2.24) is 25.0 Å². The van der Waals surface area contributed by atoms with Gasteiger partial charge in [0.15, 0.2) is 11.0 Å². The van der Waals surface area contributed by atoms with Crippen molar-refractivity contribution >= 4 is 45.5 Å². The van der Waals surface area contributed by atoms with Gasteiger partial charge < -0.3 is 4.57 Å². The van der Waals surface area contributed by atoms with Crippen molar-refractivity contribution in [1.29, 1.82) is 0 Å². The van der Waals surface area contributed by atoms with Crippen LogP contribution < -0.4 is 5.32 Å². The van der Waals surface area contributed by atoms with Crippen LogP contribution in [0.15, 0.2) is 22.7 Å². The molecule has 132 valence electrons. The Bertz CT molecular complexity index is 826. The van der Waals surface area contributed by atoms with Crippen molar-refractivity contribution in [2.75, 3.05) is 11.1 Å². The summed E-state index contributed by atoms with van der Waals surface area (Å²) in [5.74, 6) is 0.997. The van der Waals surface area contributed by atoms with Crippen molar-refractivity contribution in [3.63, 3.8) is 0 Å². The first-order valence-corrected chi connectivity index (χ1v) is 10.6. The number of amides is 1. The number of hydrogen-bond acceptors (Lipinski definition) is 8. The maximum atomic E-state index is 12.1. The fraction of sp³-hybridized carbons (Fsp3) is 0.400. The average molecular weight is 395 g/mol. The lowest BCUT2D eigenvalue weighted by Gasteiger charge is -2.07. The number of carbonyl (C=O) groups is 1. The SMILES string of the molecule is CCCn1c(SCC(=O)Nc2nnc(CC)s2)nnc1-c1cccs1. The molecule has 25 heavy (non-hydrogen) atoms. The number of hydrogen-bond donors (Lipinski definition) is 1. The van der Waals surface area contributed by atoms with Crippen molar-refractivity contribution in [2.45, 2.75) is 38.4 Å². The van der Waals surface area contributed by atoms with Gasteiger partial charge in [0.25, 0.3) is 0 Å². The summed E-state index contributed by atoms with van der Waals surface area (Å²) >= 11 is 4.42. The third-order valence-electron chi connectivity index (χ3n) is 3.25. The van der Waals surface area contributed by atoms with Gasteiger partial charge in [-0.3, -0.25) is 10.1 Å². The first-order chi connectivity index (χ1) is 12.2. The predicted octanol–water partition coefficient (Wildman–Crippen LogP) is 3.56.